The molecule has 1 aliphatic heterocycles. The van der Waals surface area contributed by atoms with Crippen LogP contribution >= 0.6 is 0 Å². The van der Waals surface area contributed by atoms with Crippen molar-refractivity contribution in [2.24, 2.45) is 0 Å². The highest BCUT2D eigenvalue weighted by Gasteiger charge is 2.52. The van der Waals surface area contributed by atoms with Crippen molar-refractivity contribution in [1.82, 2.24) is 0 Å². The van der Waals surface area contributed by atoms with E-state index >= 15 is 4.39 Å². The van der Waals surface area contributed by atoms with Crippen molar-refractivity contribution >= 4 is 18.6 Å². The average Bonchev–Trinajstić information content (AvgIpc) is 2.63. The number of hydrogen-bond acceptors (Lipinski definition) is 4. The zero-order valence-electron chi connectivity index (χ0n) is 14.4. The Bertz CT molecular complexity index is 653. The summed E-state index contributed by atoms with van der Waals surface area (Å²) < 4.78 is 32.4. The molecule has 2 fully saturated rings. The first-order valence-electron chi connectivity index (χ1n) is 8.20. The van der Waals surface area contributed by atoms with Gasteiger partial charge in [-0.3, -0.25) is 0 Å². The highest BCUT2D eigenvalue weighted by molar-refractivity contribution is 6.62. The van der Waals surface area contributed by atoms with Crippen molar-refractivity contribution in [3.63, 3.8) is 0 Å². The lowest BCUT2D eigenvalue weighted by molar-refractivity contribution is 0.00578. The number of benzene rings is 1. The van der Waals surface area contributed by atoms with Crippen molar-refractivity contribution in [3.05, 3.63) is 23.5 Å². The molecule has 3 rings (SSSR count). The van der Waals surface area contributed by atoms with Crippen LogP contribution in [0.5, 0.6) is 5.75 Å². The molecule has 0 radical (unpaired) electrons. The molecule has 7 heteroatoms. The lowest BCUT2D eigenvalue weighted by Gasteiger charge is -2.32. The Morgan fingerprint density at radius 1 is 1.25 bits per heavy atom. The maximum Gasteiger partial charge on any atom is 0.498 e. The number of aromatic carboxylic acids is 1. The van der Waals surface area contributed by atoms with Crippen molar-refractivity contribution in [2.75, 3.05) is 0 Å². The normalized spacial score (nSPS) is 22.3. The molecule has 0 aromatic heterocycles. The van der Waals surface area contributed by atoms with Crippen LogP contribution in [-0.4, -0.2) is 35.5 Å². The van der Waals surface area contributed by atoms with E-state index < -0.39 is 30.1 Å². The number of halogens is 1. The van der Waals surface area contributed by atoms with Gasteiger partial charge in [-0.1, -0.05) is 6.07 Å². The lowest BCUT2D eigenvalue weighted by atomic mass is 9.78. The molecule has 24 heavy (non-hydrogen) atoms. The van der Waals surface area contributed by atoms with Gasteiger partial charge in [0.2, 0.25) is 0 Å². The summed E-state index contributed by atoms with van der Waals surface area (Å²) in [7, 11) is -0.901. The molecule has 0 atom stereocenters. The van der Waals surface area contributed by atoms with Crippen molar-refractivity contribution in [3.8, 4) is 5.75 Å². The van der Waals surface area contributed by atoms with Crippen molar-refractivity contribution in [1.29, 1.82) is 0 Å². The van der Waals surface area contributed by atoms with Gasteiger partial charge in [-0.25, -0.2) is 9.18 Å². The number of carboxylic acids is 1. The zero-order chi connectivity index (χ0) is 17.7. The van der Waals surface area contributed by atoms with E-state index in [1.54, 1.807) is 0 Å². The number of hydrogen-bond donors (Lipinski definition) is 1. The summed E-state index contributed by atoms with van der Waals surface area (Å²) in [5.74, 6) is -2.16. The number of carbonyl (C=O) groups is 1. The molecule has 1 aromatic rings. The minimum absolute atomic E-state index is 0.133. The van der Waals surface area contributed by atoms with Crippen molar-refractivity contribution < 1.29 is 28.3 Å². The minimum Gasteiger partial charge on any atom is -0.486 e. The lowest BCUT2D eigenvalue weighted by Crippen LogP contribution is -2.41. The van der Waals surface area contributed by atoms with Gasteiger partial charge in [-0.2, -0.15) is 0 Å². The molecule has 0 amide bonds. The van der Waals surface area contributed by atoms with Gasteiger partial charge >= 0.3 is 13.1 Å². The molecule has 0 unspecified atom stereocenters. The highest BCUT2D eigenvalue weighted by atomic mass is 19.1. The van der Waals surface area contributed by atoms with Gasteiger partial charge in [-0.15, -0.1) is 0 Å². The number of ether oxygens (including phenoxy) is 1. The first-order valence-corrected chi connectivity index (χ1v) is 8.20. The maximum absolute atomic E-state index is 15.0. The van der Waals surface area contributed by atoms with Crippen LogP contribution in [0.4, 0.5) is 4.39 Å². The molecule has 130 valence electrons. The highest BCUT2D eigenvalue weighted by Crippen LogP contribution is 2.37. The first-order chi connectivity index (χ1) is 11.1. The fraction of sp³-hybridized carbons (Fsp3) is 0.588. The molecule has 1 aromatic carbocycles. The molecule has 1 heterocycles. The van der Waals surface area contributed by atoms with Crippen molar-refractivity contribution in [2.45, 2.75) is 64.3 Å². The maximum atomic E-state index is 15.0. The van der Waals surface area contributed by atoms with E-state index in [0.717, 1.165) is 19.3 Å². The summed E-state index contributed by atoms with van der Waals surface area (Å²) in [5.41, 5.74) is -1.23. The summed E-state index contributed by atoms with van der Waals surface area (Å²) >= 11 is 0. The monoisotopic (exact) mass is 336 g/mol. The Labute approximate surface area is 141 Å². The van der Waals surface area contributed by atoms with Crippen LogP contribution in [0.3, 0.4) is 0 Å². The van der Waals surface area contributed by atoms with Crippen LogP contribution in [0.1, 0.15) is 57.3 Å². The minimum atomic E-state index is -1.22. The van der Waals surface area contributed by atoms with E-state index in [-0.39, 0.29) is 22.9 Å². The van der Waals surface area contributed by atoms with Crippen LogP contribution < -0.4 is 10.2 Å². The molecule has 0 spiro atoms. The molecule has 1 N–H and O–H groups in total. The predicted molar refractivity (Wildman–Crippen MR) is 87.3 cm³/mol. The Morgan fingerprint density at radius 3 is 2.29 bits per heavy atom. The van der Waals surface area contributed by atoms with Crippen LogP contribution in [-0.2, 0) is 9.31 Å². The summed E-state index contributed by atoms with van der Waals surface area (Å²) in [6, 6.07) is 2.74. The van der Waals surface area contributed by atoms with E-state index in [4.69, 9.17) is 14.0 Å². The molecule has 1 saturated carbocycles. The fourth-order valence-electron chi connectivity index (χ4n) is 2.66. The van der Waals surface area contributed by atoms with Crippen LogP contribution in [0, 0.1) is 5.82 Å². The van der Waals surface area contributed by atoms with E-state index in [2.05, 4.69) is 0 Å². The molecular weight excluding hydrogens is 314 g/mol. The Balaban J connectivity index is 1.97. The van der Waals surface area contributed by atoms with Gasteiger partial charge in [0.1, 0.15) is 5.56 Å². The number of rotatable bonds is 4. The SMILES string of the molecule is CC1(C)OB(c2ccc(C(=O)O)c(OC3CCC3)c2F)OC1(C)C. The van der Waals surface area contributed by atoms with Gasteiger partial charge in [-0.05, 0) is 53.0 Å². The third kappa shape index (κ3) is 2.80. The zero-order valence-corrected chi connectivity index (χ0v) is 14.4. The van der Waals surface area contributed by atoms with Gasteiger partial charge in [0.25, 0.3) is 0 Å². The topological polar surface area (TPSA) is 65.0 Å². The van der Waals surface area contributed by atoms with E-state index in [1.807, 2.05) is 27.7 Å². The second kappa shape index (κ2) is 5.74. The predicted octanol–water partition coefficient (Wildman–Crippen LogP) is 2.75. The van der Waals surface area contributed by atoms with Gasteiger partial charge in [0.15, 0.2) is 11.6 Å². The van der Waals surface area contributed by atoms with Gasteiger partial charge in [0.05, 0.1) is 17.3 Å². The fourth-order valence-corrected chi connectivity index (χ4v) is 2.66. The molecule has 1 saturated heterocycles. The Hall–Kier alpha value is -1.60. The largest absolute Gasteiger partial charge is 0.498 e. The second-order valence-electron chi connectivity index (χ2n) is 7.41. The molecule has 2 aliphatic rings. The Kier molecular flexibility index (Phi) is 4.12. The smallest absolute Gasteiger partial charge is 0.486 e. The van der Waals surface area contributed by atoms with Crippen LogP contribution in [0.15, 0.2) is 12.1 Å². The van der Waals surface area contributed by atoms with Gasteiger partial charge < -0.3 is 19.2 Å². The third-order valence-corrected chi connectivity index (χ3v) is 5.20. The quantitative estimate of drug-likeness (QED) is 0.857. The van der Waals surface area contributed by atoms with E-state index in [0.29, 0.717) is 0 Å². The molecule has 1 aliphatic carbocycles. The molecular formula is C17H22BFO5. The van der Waals surface area contributed by atoms with Crippen LogP contribution in [0.2, 0.25) is 0 Å². The second-order valence-corrected chi connectivity index (χ2v) is 7.41. The molecule has 0 bridgehead atoms. The standard InChI is InChI=1S/C17H22BFO5/c1-16(2)17(3,4)24-18(23-16)12-9-8-11(15(20)21)14(13(12)19)22-10-6-5-7-10/h8-10H,5-7H2,1-4H3,(H,20,21). The third-order valence-electron chi connectivity index (χ3n) is 5.20. The van der Waals surface area contributed by atoms with Crippen LogP contribution in [0.25, 0.3) is 0 Å². The average molecular weight is 336 g/mol. The van der Waals surface area contributed by atoms with E-state index in [1.165, 1.54) is 12.1 Å². The summed E-state index contributed by atoms with van der Waals surface area (Å²) in [6.07, 6.45) is 2.48. The Morgan fingerprint density at radius 2 is 1.83 bits per heavy atom. The molecule has 5 nitrogen and oxygen atoms in total. The summed E-state index contributed by atoms with van der Waals surface area (Å²) in [5, 5.41) is 9.31. The van der Waals surface area contributed by atoms with E-state index in [9.17, 15) is 9.90 Å². The van der Waals surface area contributed by atoms with Gasteiger partial charge in [0, 0.05) is 5.46 Å². The number of carboxylic acid groups (broad SMARTS) is 1. The summed E-state index contributed by atoms with van der Waals surface area (Å²) in [4.78, 5) is 11.4. The first kappa shape index (κ1) is 17.2. The summed E-state index contributed by atoms with van der Waals surface area (Å²) in [6.45, 7) is 7.51.